The second-order valence-electron chi connectivity index (χ2n) is 6.83. The first-order valence-electron chi connectivity index (χ1n) is 10.2. The smallest absolute Gasteiger partial charge is 0.305 e. The van der Waals surface area contributed by atoms with Crippen LogP contribution in [0.4, 0.5) is 0 Å². The molecule has 0 aromatic heterocycles. The molecule has 0 rings (SSSR count). The number of aliphatic hydroxyl groups excluding tert-OH is 1. The molecule has 4 heteroatoms. The molecule has 0 saturated carbocycles. The Labute approximate surface area is 163 Å². The van der Waals surface area contributed by atoms with E-state index in [1.54, 1.807) is 0 Å². The van der Waals surface area contributed by atoms with Crippen molar-refractivity contribution in [1.82, 2.24) is 0 Å². The van der Waals surface area contributed by atoms with Gasteiger partial charge in [-0.1, -0.05) is 86.4 Å². The molecule has 0 saturated heterocycles. The summed E-state index contributed by atoms with van der Waals surface area (Å²) in [6.07, 6.45) is 20.8. The Kier molecular flexibility index (Phi) is 19.7. The first-order chi connectivity index (χ1) is 12.2. The number of hydrogen-bond acceptors (Lipinski definition) is 3. The minimum Gasteiger partial charge on any atom is -0.463 e. The van der Waals surface area contributed by atoms with Crippen LogP contribution in [0.25, 0.3) is 0 Å². The number of alkyl halides is 1. The second-order valence-corrected chi connectivity index (χ2v) is 7.47. The lowest BCUT2D eigenvalue weighted by atomic mass is 10.1. The molecule has 1 atom stereocenters. The van der Waals surface area contributed by atoms with E-state index in [0.29, 0.717) is 11.8 Å². The molecule has 0 aliphatic heterocycles. The zero-order valence-electron chi connectivity index (χ0n) is 16.2. The molecule has 0 aromatic rings. The van der Waals surface area contributed by atoms with E-state index in [0.717, 1.165) is 12.8 Å². The summed E-state index contributed by atoms with van der Waals surface area (Å²) in [6, 6.07) is 0. The van der Waals surface area contributed by atoms with E-state index in [1.807, 2.05) is 0 Å². The zero-order valence-corrected chi connectivity index (χ0v) is 17.8. The van der Waals surface area contributed by atoms with E-state index < -0.39 is 6.10 Å². The van der Waals surface area contributed by atoms with Gasteiger partial charge in [-0.2, -0.15) is 0 Å². The lowest BCUT2D eigenvalue weighted by molar-refractivity contribution is -0.146. The molecule has 1 N–H and O–H groups in total. The van der Waals surface area contributed by atoms with E-state index in [-0.39, 0.29) is 12.6 Å². The number of hydrogen-bond donors (Lipinski definition) is 1. The van der Waals surface area contributed by atoms with Crippen molar-refractivity contribution >= 4 is 21.9 Å². The summed E-state index contributed by atoms with van der Waals surface area (Å²) in [7, 11) is 0. The van der Waals surface area contributed by atoms with Crippen molar-refractivity contribution in [1.29, 1.82) is 0 Å². The van der Waals surface area contributed by atoms with Crippen LogP contribution in [0.2, 0.25) is 0 Å². The highest BCUT2D eigenvalue weighted by molar-refractivity contribution is 9.09. The van der Waals surface area contributed by atoms with Crippen molar-refractivity contribution in [3.8, 4) is 0 Å². The van der Waals surface area contributed by atoms with E-state index in [4.69, 9.17) is 4.74 Å². The number of esters is 1. The van der Waals surface area contributed by atoms with Gasteiger partial charge in [0.15, 0.2) is 0 Å². The first-order valence-corrected chi connectivity index (χ1v) is 11.4. The molecule has 0 bridgehead atoms. The Morgan fingerprint density at radius 3 is 2.00 bits per heavy atom. The minimum atomic E-state index is -0.599. The van der Waals surface area contributed by atoms with Crippen molar-refractivity contribution in [2.45, 2.75) is 103 Å². The summed E-state index contributed by atoms with van der Waals surface area (Å²) in [6.45, 7) is 2.35. The zero-order chi connectivity index (χ0) is 18.6. The molecular formula is C21H39BrO3. The van der Waals surface area contributed by atoms with Gasteiger partial charge in [-0.3, -0.25) is 4.79 Å². The van der Waals surface area contributed by atoms with Crippen LogP contribution >= 0.6 is 15.9 Å². The van der Waals surface area contributed by atoms with E-state index in [1.165, 1.54) is 70.6 Å². The average molecular weight is 419 g/mol. The predicted molar refractivity (Wildman–Crippen MR) is 110 cm³/mol. The fourth-order valence-corrected chi connectivity index (χ4v) is 2.83. The highest BCUT2D eigenvalue weighted by Crippen LogP contribution is 2.10. The van der Waals surface area contributed by atoms with Crippen LogP contribution < -0.4 is 0 Å². The van der Waals surface area contributed by atoms with Gasteiger partial charge in [0, 0.05) is 11.8 Å². The van der Waals surface area contributed by atoms with Gasteiger partial charge in [-0.05, 0) is 32.1 Å². The number of halogens is 1. The highest BCUT2D eigenvalue weighted by atomic mass is 79.9. The standard InChI is InChI=1S/C21H39BrO3/c1-2-3-4-5-6-7-8-9-10-11-12-13-14-15-16-17-21(24)25-19-20(23)18-22/h9-10,20,23H,2-8,11-19H2,1H3/b10-9-/t20-/m0/s1. The average Bonchev–Trinajstić information content (AvgIpc) is 2.62. The SMILES string of the molecule is CCCCCCCC/C=C\CCCCCCCC(=O)OC[C@@H](O)CBr. The summed E-state index contributed by atoms with van der Waals surface area (Å²) < 4.78 is 4.99. The van der Waals surface area contributed by atoms with Crippen LogP contribution in [-0.2, 0) is 9.53 Å². The van der Waals surface area contributed by atoms with Crippen LogP contribution in [-0.4, -0.2) is 29.1 Å². The van der Waals surface area contributed by atoms with E-state index in [9.17, 15) is 9.90 Å². The van der Waals surface area contributed by atoms with Gasteiger partial charge in [0.05, 0.1) is 6.10 Å². The van der Waals surface area contributed by atoms with Gasteiger partial charge in [0.25, 0.3) is 0 Å². The van der Waals surface area contributed by atoms with Gasteiger partial charge in [0.1, 0.15) is 6.61 Å². The van der Waals surface area contributed by atoms with Crippen LogP contribution in [0.15, 0.2) is 12.2 Å². The molecule has 0 unspecified atom stereocenters. The molecule has 0 fully saturated rings. The third-order valence-corrected chi connectivity index (χ3v) is 5.00. The molecule has 0 aliphatic carbocycles. The first kappa shape index (κ1) is 24.7. The number of ether oxygens (including phenoxy) is 1. The Morgan fingerprint density at radius 1 is 0.920 bits per heavy atom. The van der Waals surface area contributed by atoms with Gasteiger partial charge in [-0.15, -0.1) is 0 Å². The van der Waals surface area contributed by atoms with E-state index >= 15 is 0 Å². The normalized spacial score (nSPS) is 12.6. The van der Waals surface area contributed by atoms with Gasteiger partial charge < -0.3 is 9.84 Å². The fourth-order valence-electron chi connectivity index (χ4n) is 2.65. The Balaban J connectivity index is 3.22. The van der Waals surface area contributed by atoms with Crippen LogP contribution in [0.3, 0.4) is 0 Å². The minimum absolute atomic E-state index is 0.0924. The number of rotatable bonds is 18. The third kappa shape index (κ3) is 19.8. The van der Waals surface area contributed by atoms with Gasteiger partial charge >= 0.3 is 5.97 Å². The number of carbonyl (C=O) groups is 1. The molecule has 0 spiro atoms. The van der Waals surface area contributed by atoms with Crippen molar-refractivity contribution in [2.24, 2.45) is 0 Å². The third-order valence-electron chi connectivity index (χ3n) is 4.26. The Hall–Kier alpha value is -0.350. The predicted octanol–water partition coefficient (Wildman–Crippen LogP) is 6.32. The fraction of sp³-hybridized carbons (Fsp3) is 0.857. The summed E-state index contributed by atoms with van der Waals surface area (Å²) in [5, 5.41) is 9.72. The molecular weight excluding hydrogens is 380 g/mol. The summed E-state index contributed by atoms with van der Waals surface area (Å²) in [5.74, 6) is -0.197. The molecule has 0 aromatic carbocycles. The van der Waals surface area contributed by atoms with Gasteiger partial charge in [0.2, 0.25) is 0 Å². The molecule has 0 amide bonds. The van der Waals surface area contributed by atoms with Crippen molar-refractivity contribution in [3.63, 3.8) is 0 Å². The maximum absolute atomic E-state index is 11.4. The van der Waals surface area contributed by atoms with Crippen LogP contribution in [0.1, 0.15) is 96.8 Å². The maximum Gasteiger partial charge on any atom is 0.305 e. The quantitative estimate of drug-likeness (QED) is 0.122. The highest BCUT2D eigenvalue weighted by Gasteiger charge is 2.07. The number of allylic oxidation sites excluding steroid dienone is 2. The summed E-state index contributed by atoms with van der Waals surface area (Å²) >= 11 is 3.14. The molecule has 0 heterocycles. The maximum atomic E-state index is 11.4. The molecule has 0 radical (unpaired) electrons. The lowest BCUT2D eigenvalue weighted by Crippen LogP contribution is -2.19. The lowest BCUT2D eigenvalue weighted by Gasteiger charge is -2.08. The van der Waals surface area contributed by atoms with Crippen LogP contribution in [0, 0.1) is 0 Å². The van der Waals surface area contributed by atoms with Crippen molar-refractivity contribution < 1.29 is 14.6 Å². The number of unbranched alkanes of at least 4 members (excludes halogenated alkanes) is 11. The number of aliphatic hydroxyl groups is 1. The Bertz CT molecular complexity index is 318. The topological polar surface area (TPSA) is 46.5 Å². The number of carbonyl (C=O) groups excluding carboxylic acids is 1. The summed E-state index contributed by atoms with van der Waals surface area (Å²) in [5.41, 5.74) is 0. The monoisotopic (exact) mass is 418 g/mol. The molecule has 148 valence electrons. The Morgan fingerprint density at radius 2 is 1.44 bits per heavy atom. The van der Waals surface area contributed by atoms with Crippen LogP contribution in [0.5, 0.6) is 0 Å². The van der Waals surface area contributed by atoms with Crippen molar-refractivity contribution in [2.75, 3.05) is 11.9 Å². The molecule has 25 heavy (non-hydrogen) atoms. The van der Waals surface area contributed by atoms with Crippen molar-refractivity contribution in [3.05, 3.63) is 12.2 Å². The summed E-state index contributed by atoms with van der Waals surface area (Å²) in [4.78, 5) is 11.4. The second kappa shape index (κ2) is 20.0. The van der Waals surface area contributed by atoms with Gasteiger partial charge in [-0.25, -0.2) is 0 Å². The molecule has 3 nitrogen and oxygen atoms in total. The molecule has 0 aliphatic rings. The largest absolute Gasteiger partial charge is 0.463 e. The van der Waals surface area contributed by atoms with E-state index in [2.05, 4.69) is 35.0 Å².